The van der Waals surface area contributed by atoms with E-state index >= 15 is 0 Å². The third kappa shape index (κ3) is 4.30. The summed E-state index contributed by atoms with van der Waals surface area (Å²) in [6.45, 7) is 8.30. The second kappa shape index (κ2) is 7.00. The first-order chi connectivity index (χ1) is 8.06. The SMILES string of the molecule is CC(C)C(CCN)CCC(=O)N1CCCC1C. The molecular formula is C14H28N2O. The quantitative estimate of drug-likeness (QED) is 0.775. The van der Waals surface area contributed by atoms with E-state index in [0.29, 0.717) is 30.2 Å². The lowest BCUT2D eigenvalue weighted by molar-refractivity contribution is -0.132. The van der Waals surface area contributed by atoms with Crippen LogP contribution in [0.2, 0.25) is 0 Å². The van der Waals surface area contributed by atoms with Crippen LogP contribution in [0.1, 0.15) is 52.9 Å². The number of likely N-dealkylation sites (tertiary alicyclic amines) is 1. The molecule has 0 aliphatic carbocycles. The third-order valence-corrected chi connectivity index (χ3v) is 4.08. The topological polar surface area (TPSA) is 46.3 Å². The number of hydrogen-bond acceptors (Lipinski definition) is 2. The second-order valence-corrected chi connectivity index (χ2v) is 5.70. The van der Waals surface area contributed by atoms with Gasteiger partial charge in [0.15, 0.2) is 0 Å². The standard InChI is InChI=1S/C14H28N2O/c1-11(2)13(8-9-15)6-7-14(17)16-10-4-5-12(16)3/h11-13H,4-10,15H2,1-3H3. The van der Waals surface area contributed by atoms with E-state index in [1.165, 1.54) is 12.8 Å². The minimum atomic E-state index is 0.345. The van der Waals surface area contributed by atoms with Crippen molar-refractivity contribution in [3.05, 3.63) is 0 Å². The summed E-state index contributed by atoms with van der Waals surface area (Å²) in [5, 5.41) is 0. The summed E-state index contributed by atoms with van der Waals surface area (Å²) >= 11 is 0. The maximum absolute atomic E-state index is 12.1. The molecule has 2 N–H and O–H groups in total. The van der Waals surface area contributed by atoms with Crippen molar-refractivity contribution >= 4 is 5.91 Å². The summed E-state index contributed by atoms with van der Waals surface area (Å²) in [6, 6.07) is 0.453. The minimum Gasteiger partial charge on any atom is -0.340 e. The van der Waals surface area contributed by atoms with Crippen LogP contribution in [-0.2, 0) is 4.79 Å². The summed E-state index contributed by atoms with van der Waals surface area (Å²) in [5.74, 6) is 1.57. The van der Waals surface area contributed by atoms with Gasteiger partial charge in [0.2, 0.25) is 5.91 Å². The second-order valence-electron chi connectivity index (χ2n) is 5.70. The Morgan fingerprint density at radius 3 is 2.59 bits per heavy atom. The van der Waals surface area contributed by atoms with Gasteiger partial charge in [0, 0.05) is 19.0 Å². The molecule has 0 aromatic heterocycles. The molecule has 1 heterocycles. The first-order valence-corrected chi connectivity index (χ1v) is 7.05. The molecule has 3 nitrogen and oxygen atoms in total. The Balaban J connectivity index is 2.35. The Hall–Kier alpha value is -0.570. The molecule has 1 aliphatic heterocycles. The number of carbonyl (C=O) groups excluding carboxylic acids is 1. The molecule has 1 saturated heterocycles. The van der Waals surface area contributed by atoms with Gasteiger partial charge in [-0.15, -0.1) is 0 Å². The fourth-order valence-corrected chi connectivity index (χ4v) is 2.78. The zero-order chi connectivity index (χ0) is 12.8. The Morgan fingerprint density at radius 1 is 1.41 bits per heavy atom. The van der Waals surface area contributed by atoms with Crippen LogP contribution in [0, 0.1) is 11.8 Å². The number of nitrogens with two attached hydrogens (primary N) is 1. The van der Waals surface area contributed by atoms with E-state index in [2.05, 4.69) is 25.7 Å². The lowest BCUT2D eigenvalue weighted by Crippen LogP contribution is -2.34. The van der Waals surface area contributed by atoms with Crippen molar-refractivity contribution in [3.8, 4) is 0 Å². The smallest absolute Gasteiger partial charge is 0.222 e. The highest BCUT2D eigenvalue weighted by atomic mass is 16.2. The molecule has 0 radical (unpaired) electrons. The van der Waals surface area contributed by atoms with Gasteiger partial charge in [-0.3, -0.25) is 4.79 Å². The first kappa shape index (κ1) is 14.5. The molecule has 100 valence electrons. The average Bonchev–Trinajstić information content (AvgIpc) is 2.69. The number of hydrogen-bond donors (Lipinski definition) is 1. The van der Waals surface area contributed by atoms with Gasteiger partial charge >= 0.3 is 0 Å². The van der Waals surface area contributed by atoms with E-state index in [4.69, 9.17) is 5.73 Å². The maximum Gasteiger partial charge on any atom is 0.222 e. The van der Waals surface area contributed by atoms with Crippen molar-refractivity contribution in [1.29, 1.82) is 0 Å². The molecular weight excluding hydrogens is 212 g/mol. The van der Waals surface area contributed by atoms with Crippen molar-refractivity contribution in [2.45, 2.75) is 58.9 Å². The van der Waals surface area contributed by atoms with Crippen LogP contribution < -0.4 is 5.73 Å². The molecule has 1 fully saturated rings. The Labute approximate surface area is 106 Å². The zero-order valence-electron chi connectivity index (χ0n) is 11.6. The zero-order valence-corrected chi connectivity index (χ0v) is 11.6. The van der Waals surface area contributed by atoms with Gasteiger partial charge in [0.05, 0.1) is 0 Å². The van der Waals surface area contributed by atoms with Crippen molar-refractivity contribution in [1.82, 2.24) is 4.90 Å². The van der Waals surface area contributed by atoms with Crippen molar-refractivity contribution in [2.24, 2.45) is 17.6 Å². The number of rotatable bonds is 6. The Morgan fingerprint density at radius 2 is 2.12 bits per heavy atom. The van der Waals surface area contributed by atoms with Crippen LogP contribution in [0.5, 0.6) is 0 Å². The van der Waals surface area contributed by atoms with Gasteiger partial charge in [-0.05, 0) is 51.0 Å². The highest BCUT2D eigenvalue weighted by Gasteiger charge is 2.25. The van der Waals surface area contributed by atoms with Crippen LogP contribution in [0.3, 0.4) is 0 Å². The normalized spacial score (nSPS) is 22.2. The lowest BCUT2D eigenvalue weighted by Gasteiger charge is -2.24. The molecule has 1 aliphatic rings. The summed E-state index contributed by atoms with van der Waals surface area (Å²) in [5.41, 5.74) is 5.62. The third-order valence-electron chi connectivity index (χ3n) is 4.08. The molecule has 0 aromatic rings. The lowest BCUT2D eigenvalue weighted by atomic mass is 9.88. The van der Waals surface area contributed by atoms with Crippen molar-refractivity contribution in [2.75, 3.05) is 13.1 Å². The molecule has 0 bridgehead atoms. The van der Waals surface area contributed by atoms with Crippen LogP contribution in [0.4, 0.5) is 0 Å². The molecule has 2 unspecified atom stereocenters. The van der Waals surface area contributed by atoms with E-state index in [1.54, 1.807) is 0 Å². The van der Waals surface area contributed by atoms with Crippen LogP contribution >= 0.6 is 0 Å². The molecule has 2 atom stereocenters. The van der Waals surface area contributed by atoms with Gasteiger partial charge in [0.1, 0.15) is 0 Å². The van der Waals surface area contributed by atoms with E-state index in [-0.39, 0.29) is 0 Å². The van der Waals surface area contributed by atoms with Crippen LogP contribution in [0.25, 0.3) is 0 Å². The number of nitrogens with zero attached hydrogens (tertiary/aromatic N) is 1. The summed E-state index contributed by atoms with van der Waals surface area (Å²) < 4.78 is 0. The van der Waals surface area contributed by atoms with Gasteiger partial charge in [-0.25, -0.2) is 0 Å². The monoisotopic (exact) mass is 240 g/mol. The predicted molar refractivity (Wildman–Crippen MR) is 71.6 cm³/mol. The summed E-state index contributed by atoms with van der Waals surface area (Å²) in [4.78, 5) is 14.1. The van der Waals surface area contributed by atoms with Crippen molar-refractivity contribution < 1.29 is 4.79 Å². The van der Waals surface area contributed by atoms with E-state index in [9.17, 15) is 4.79 Å². The fourth-order valence-electron chi connectivity index (χ4n) is 2.78. The highest BCUT2D eigenvalue weighted by molar-refractivity contribution is 5.76. The van der Waals surface area contributed by atoms with E-state index < -0.39 is 0 Å². The number of amides is 1. The molecule has 1 amide bonds. The Bertz CT molecular complexity index is 240. The van der Waals surface area contributed by atoms with Gasteiger partial charge in [-0.1, -0.05) is 13.8 Å². The Kier molecular flexibility index (Phi) is 5.96. The van der Waals surface area contributed by atoms with Crippen molar-refractivity contribution in [3.63, 3.8) is 0 Å². The molecule has 0 aromatic carbocycles. The predicted octanol–water partition coefficient (Wildman–Crippen LogP) is 2.40. The van der Waals surface area contributed by atoms with Gasteiger partial charge < -0.3 is 10.6 Å². The highest BCUT2D eigenvalue weighted by Crippen LogP contribution is 2.23. The molecule has 17 heavy (non-hydrogen) atoms. The first-order valence-electron chi connectivity index (χ1n) is 7.05. The number of carbonyl (C=O) groups is 1. The minimum absolute atomic E-state index is 0.345. The van der Waals surface area contributed by atoms with Crippen LogP contribution in [-0.4, -0.2) is 29.9 Å². The van der Waals surface area contributed by atoms with Crippen LogP contribution in [0.15, 0.2) is 0 Å². The summed E-state index contributed by atoms with van der Waals surface area (Å²) in [6.07, 6.45) is 5.08. The molecule has 0 spiro atoms. The summed E-state index contributed by atoms with van der Waals surface area (Å²) in [7, 11) is 0. The maximum atomic E-state index is 12.1. The van der Waals surface area contributed by atoms with Gasteiger partial charge in [-0.2, -0.15) is 0 Å². The molecule has 0 saturated carbocycles. The average molecular weight is 240 g/mol. The fraction of sp³-hybridized carbons (Fsp3) is 0.929. The van der Waals surface area contributed by atoms with Gasteiger partial charge in [0.25, 0.3) is 0 Å². The largest absolute Gasteiger partial charge is 0.340 e. The van der Waals surface area contributed by atoms with E-state index in [1.807, 2.05) is 0 Å². The molecule has 3 heteroatoms. The molecule has 1 rings (SSSR count). The van der Waals surface area contributed by atoms with E-state index in [0.717, 1.165) is 25.9 Å².